The van der Waals surface area contributed by atoms with Gasteiger partial charge < -0.3 is 9.84 Å². The maximum atomic E-state index is 9.30. The van der Waals surface area contributed by atoms with Gasteiger partial charge in [-0.15, -0.1) is 0 Å². The zero-order chi connectivity index (χ0) is 13.0. The number of aliphatic hydroxyl groups is 1. The van der Waals surface area contributed by atoms with Crippen molar-refractivity contribution in [3.05, 3.63) is 26.6 Å². The summed E-state index contributed by atoms with van der Waals surface area (Å²) in [4.78, 5) is 0. The van der Waals surface area contributed by atoms with E-state index in [-0.39, 0.29) is 0 Å². The molecule has 0 aliphatic carbocycles. The molecule has 96 valence electrons. The molecule has 0 radical (unpaired) electrons. The number of halogens is 2. The second-order valence-electron chi connectivity index (χ2n) is 4.28. The van der Waals surface area contributed by atoms with E-state index >= 15 is 0 Å². The molecule has 0 fully saturated rings. The largest absolute Gasteiger partial charge is 0.489 e. The Labute approximate surface area is 120 Å². The van der Waals surface area contributed by atoms with Crippen LogP contribution < -0.4 is 4.74 Å². The van der Waals surface area contributed by atoms with E-state index in [1.807, 2.05) is 6.07 Å². The maximum Gasteiger partial charge on any atom is 0.137 e. The standard InChI is InChI=1S/C13H18Br2O2/c1-4-8(2)11-5-10(14)6-12(15)13(11)17-7-9(3)16/h5-6,8-9,16H,4,7H2,1-3H3. The van der Waals surface area contributed by atoms with Crippen LogP contribution >= 0.6 is 31.9 Å². The Balaban J connectivity index is 3.07. The van der Waals surface area contributed by atoms with Gasteiger partial charge in [0.05, 0.1) is 10.6 Å². The molecule has 0 aromatic heterocycles. The third-order valence-electron chi connectivity index (χ3n) is 2.65. The average Bonchev–Trinajstić information content (AvgIpc) is 2.25. The molecule has 0 aliphatic rings. The minimum Gasteiger partial charge on any atom is -0.489 e. The normalized spacial score (nSPS) is 14.5. The fraction of sp³-hybridized carbons (Fsp3) is 0.538. The zero-order valence-electron chi connectivity index (χ0n) is 10.3. The average molecular weight is 366 g/mol. The molecule has 0 spiro atoms. The number of benzene rings is 1. The van der Waals surface area contributed by atoms with Gasteiger partial charge in [-0.05, 0) is 52.9 Å². The third kappa shape index (κ3) is 4.27. The summed E-state index contributed by atoms with van der Waals surface area (Å²) in [5.41, 5.74) is 1.16. The number of ether oxygens (including phenoxy) is 1. The minimum atomic E-state index is -0.463. The van der Waals surface area contributed by atoms with Gasteiger partial charge in [-0.25, -0.2) is 0 Å². The Morgan fingerprint density at radius 3 is 2.47 bits per heavy atom. The Bertz CT molecular complexity index is 378. The summed E-state index contributed by atoms with van der Waals surface area (Å²) in [6.45, 7) is 6.35. The van der Waals surface area contributed by atoms with Crippen LogP contribution in [0.4, 0.5) is 0 Å². The van der Waals surface area contributed by atoms with Crippen molar-refractivity contribution in [2.24, 2.45) is 0 Å². The molecule has 0 heterocycles. The quantitative estimate of drug-likeness (QED) is 0.833. The molecule has 0 bridgehead atoms. The van der Waals surface area contributed by atoms with Crippen molar-refractivity contribution >= 4 is 31.9 Å². The first-order valence-corrected chi connectivity index (χ1v) is 7.34. The van der Waals surface area contributed by atoms with Gasteiger partial charge >= 0.3 is 0 Å². The SMILES string of the molecule is CCC(C)c1cc(Br)cc(Br)c1OCC(C)O. The molecule has 0 aliphatic heterocycles. The van der Waals surface area contributed by atoms with Gasteiger partial charge in [-0.2, -0.15) is 0 Å². The Morgan fingerprint density at radius 1 is 1.29 bits per heavy atom. The summed E-state index contributed by atoms with van der Waals surface area (Å²) in [6, 6.07) is 4.04. The molecule has 2 nitrogen and oxygen atoms in total. The molecule has 0 saturated heterocycles. The summed E-state index contributed by atoms with van der Waals surface area (Å²) in [7, 11) is 0. The van der Waals surface area contributed by atoms with Gasteiger partial charge in [-0.1, -0.05) is 29.8 Å². The van der Waals surface area contributed by atoms with E-state index in [0.717, 1.165) is 26.7 Å². The summed E-state index contributed by atoms with van der Waals surface area (Å²) in [6.07, 6.45) is 0.587. The van der Waals surface area contributed by atoms with Gasteiger partial charge in [0.15, 0.2) is 0 Å². The van der Waals surface area contributed by atoms with Crippen LogP contribution in [0.5, 0.6) is 5.75 Å². The Kier molecular flexibility index (Phi) is 5.97. The Morgan fingerprint density at radius 2 is 1.94 bits per heavy atom. The second kappa shape index (κ2) is 6.76. The molecule has 1 rings (SSSR count). The van der Waals surface area contributed by atoms with Crippen molar-refractivity contribution in [3.63, 3.8) is 0 Å². The van der Waals surface area contributed by atoms with Crippen molar-refractivity contribution in [2.75, 3.05) is 6.61 Å². The van der Waals surface area contributed by atoms with Crippen LogP contribution in [0, 0.1) is 0 Å². The highest BCUT2D eigenvalue weighted by Crippen LogP contribution is 2.38. The zero-order valence-corrected chi connectivity index (χ0v) is 13.5. The molecule has 1 N–H and O–H groups in total. The molecule has 0 amide bonds. The number of hydrogen-bond acceptors (Lipinski definition) is 2. The van der Waals surface area contributed by atoms with Crippen LogP contribution in [-0.2, 0) is 0 Å². The lowest BCUT2D eigenvalue weighted by Crippen LogP contribution is -2.14. The Hall–Kier alpha value is -0.0600. The van der Waals surface area contributed by atoms with Crippen LogP contribution in [0.3, 0.4) is 0 Å². The highest BCUT2D eigenvalue weighted by atomic mass is 79.9. The number of rotatable bonds is 5. The van der Waals surface area contributed by atoms with Gasteiger partial charge in [0.2, 0.25) is 0 Å². The molecular weight excluding hydrogens is 348 g/mol. The van der Waals surface area contributed by atoms with Crippen molar-refractivity contribution in [1.82, 2.24) is 0 Å². The van der Waals surface area contributed by atoms with Gasteiger partial charge in [0, 0.05) is 4.47 Å². The first-order valence-electron chi connectivity index (χ1n) is 5.75. The predicted molar refractivity (Wildman–Crippen MR) is 77.7 cm³/mol. The number of aliphatic hydroxyl groups excluding tert-OH is 1. The van der Waals surface area contributed by atoms with E-state index < -0.39 is 6.10 Å². The van der Waals surface area contributed by atoms with Crippen LogP contribution in [-0.4, -0.2) is 17.8 Å². The van der Waals surface area contributed by atoms with E-state index in [2.05, 4.69) is 51.8 Å². The number of hydrogen-bond donors (Lipinski definition) is 1. The molecule has 2 unspecified atom stereocenters. The molecule has 4 heteroatoms. The molecule has 17 heavy (non-hydrogen) atoms. The fourth-order valence-corrected chi connectivity index (χ4v) is 2.90. The van der Waals surface area contributed by atoms with Crippen LogP contribution in [0.1, 0.15) is 38.7 Å². The highest BCUT2D eigenvalue weighted by Gasteiger charge is 2.15. The van der Waals surface area contributed by atoms with Crippen LogP contribution in [0.2, 0.25) is 0 Å². The predicted octanol–water partition coefficient (Wildman–Crippen LogP) is 4.48. The van der Waals surface area contributed by atoms with Crippen molar-refractivity contribution < 1.29 is 9.84 Å². The smallest absolute Gasteiger partial charge is 0.137 e. The summed E-state index contributed by atoms with van der Waals surface area (Å²) < 4.78 is 7.64. The van der Waals surface area contributed by atoms with E-state index in [4.69, 9.17) is 4.74 Å². The first-order chi connectivity index (χ1) is 7.95. The van der Waals surface area contributed by atoms with Crippen LogP contribution in [0.15, 0.2) is 21.1 Å². The van der Waals surface area contributed by atoms with Gasteiger partial charge in [0.1, 0.15) is 12.4 Å². The van der Waals surface area contributed by atoms with Crippen molar-refractivity contribution in [1.29, 1.82) is 0 Å². The monoisotopic (exact) mass is 364 g/mol. The lowest BCUT2D eigenvalue weighted by molar-refractivity contribution is 0.121. The van der Waals surface area contributed by atoms with Gasteiger partial charge in [0.25, 0.3) is 0 Å². The lowest BCUT2D eigenvalue weighted by Gasteiger charge is -2.18. The third-order valence-corrected chi connectivity index (χ3v) is 3.70. The van der Waals surface area contributed by atoms with Crippen molar-refractivity contribution in [3.8, 4) is 5.75 Å². The van der Waals surface area contributed by atoms with Crippen molar-refractivity contribution in [2.45, 2.75) is 39.2 Å². The topological polar surface area (TPSA) is 29.5 Å². The van der Waals surface area contributed by atoms with Crippen LogP contribution in [0.25, 0.3) is 0 Å². The van der Waals surface area contributed by atoms with E-state index in [1.165, 1.54) is 0 Å². The highest BCUT2D eigenvalue weighted by molar-refractivity contribution is 9.11. The molecule has 1 aromatic carbocycles. The molecular formula is C13H18Br2O2. The summed E-state index contributed by atoms with van der Waals surface area (Å²) in [5, 5.41) is 9.30. The summed E-state index contributed by atoms with van der Waals surface area (Å²) >= 11 is 7.00. The second-order valence-corrected chi connectivity index (χ2v) is 6.05. The molecule has 1 aromatic rings. The minimum absolute atomic E-state index is 0.309. The lowest BCUT2D eigenvalue weighted by atomic mass is 9.98. The van der Waals surface area contributed by atoms with E-state index in [9.17, 15) is 5.11 Å². The van der Waals surface area contributed by atoms with E-state index in [0.29, 0.717) is 12.5 Å². The van der Waals surface area contributed by atoms with Gasteiger partial charge in [-0.3, -0.25) is 0 Å². The van der Waals surface area contributed by atoms with E-state index in [1.54, 1.807) is 6.92 Å². The maximum absolute atomic E-state index is 9.30. The fourth-order valence-electron chi connectivity index (χ4n) is 1.52. The molecule has 2 atom stereocenters. The summed E-state index contributed by atoms with van der Waals surface area (Å²) in [5.74, 6) is 1.26. The molecule has 0 saturated carbocycles. The first kappa shape index (κ1) is 15.0.